The number of rotatable bonds is 3. The number of carbonyl (C=O) groups is 1. The third-order valence-electron chi connectivity index (χ3n) is 6.42. The molecule has 0 aromatic heterocycles. The van der Waals surface area contributed by atoms with Gasteiger partial charge in [0.2, 0.25) is 5.91 Å². The van der Waals surface area contributed by atoms with Crippen LogP contribution in [-0.2, 0) is 4.79 Å². The highest BCUT2D eigenvalue weighted by atomic mass is 16.2. The molecule has 2 bridgehead atoms. The van der Waals surface area contributed by atoms with Gasteiger partial charge in [-0.05, 0) is 61.7 Å². The maximum Gasteiger partial charge on any atom is 0.223 e. The first-order valence-corrected chi connectivity index (χ1v) is 8.85. The molecular formula is C18H31NO. The van der Waals surface area contributed by atoms with Gasteiger partial charge in [0.05, 0.1) is 0 Å². The SMILES string of the molecule is CC(C)[C@@H]1CC[C@@H](C)C[C@H]1C(=O)NC1CC2CCC1C2. The number of carbonyl (C=O) groups excluding carboxylic acids is 1. The molecule has 0 aromatic carbocycles. The summed E-state index contributed by atoms with van der Waals surface area (Å²) >= 11 is 0. The first-order chi connectivity index (χ1) is 9.54. The Bertz CT molecular complexity index is 364. The van der Waals surface area contributed by atoms with Crippen LogP contribution in [0.3, 0.4) is 0 Å². The van der Waals surface area contributed by atoms with E-state index in [1.807, 2.05) is 0 Å². The molecule has 3 aliphatic carbocycles. The van der Waals surface area contributed by atoms with Crippen molar-refractivity contribution in [3.63, 3.8) is 0 Å². The van der Waals surface area contributed by atoms with Gasteiger partial charge in [-0.2, -0.15) is 0 Å². The van der Waals surface area contributed by atoms with Crippen LogP contribution >= 0.6 is 0 Å². The maximum atomic E-state index is 12.8. The maximum absolute atomic E-state index is 12.8. The van der Waals surface area contributed by atoms with Crippen LogP contribution < -0.4 is 5.32 Å². The molecule has 1 amide bonds. The van der Waals surface area contributed by atoms with Gasteiger partial charge in [-0.3, -0.25) is 4.79 Å². The minimum Gasteiger partial charge on any atom is -0.353 e. The van der Waals surface area contributed by atoms with Crippen molar-refractivity contribution in [2.45, 2.75) is 71.8 Å². The van der Waals surface area contributed by atoms with Crippen LogP contribution in [0.4, 0.5) is 0 Å². The van der Waals surface area contributed by atoms with E-state index in [2.05, 4.69) is 26.1 Å². The third kappa shape index (κ3) is 2.76. The Hall–Kier alpha value is -0.530. The van der Waals surface area contributed by atoms with Crippen LogP contribution in [0.5, 0.6) is 0 Å². The molecule has 0 heterocycles. The number of nitrogens with one attached hydrogen (secondary N) is 1. The van der Waals surface area contributed by atoms with E-state index in [1.54, 1.807) is 0 Å². The molecule has 2 nitrogen and oxygen atoms in total. The molecule has 1 N–H and O–H groups in total. The summed E-state index contributed by atoms with van der Waals surface area (Å²) in [5.41, 5.74) is 0. The van der Waals surface area contributed by atoms with Gasteiger partial charge in [-0.25, -0.2) is 0 Å². The fraction of sp³-hybridized carbons (Fsp3) is 0.944. The van der Waals surface area contributed by atoms with Crippen LogP contribution in [0.2, 0.25) is 0 Å². The van der Waals surface area contributed by atoms with Crippen molar-refractivity contribution in [1.82, 2.24) is 5.32 Å². The van der Waals surface area contributed by atoms with Crippen LogP contribution in [0.1, 0.15) is 65.7 Å². The average molecular weight is 277 g/mol. The number of hydrogen-bond donors (Lipinski definition) is 1. The van der Waals surface area contributed by atoms with Gasteiger partial charge in [-0.15, -0.1) is 0 Å². The normalized spacial score (nSPS) is 44.0. The van der Waals surface area contributed by atoms with E-state index in [9.17, 15) is 4.79 Å². The molecule has 2 heteroatoms. The molecule has 3 unspecified atom stereocenters. The number of hydrogen-bond acceptors (Lipinski definition) is 1. The summed E-state index contributed by atoms with van der Waals surface area (Å²) < 4.78 is 0. The Morgan fingerprint density at radius 2 is 1.85 bits per heavy atom. The largest absolute Gasteiger partial charge is 0.353 e. The van der Waals surface area contributed by atoms with E-state index in [1.165, 1.54) is 38.5 Å². The van der Waals surface area contributed by atoms with Crippen molar-refractivity contribution >= 4 is 5.91 Å². The molecule has 114 valence electrons. The van der Waals surface area contributed by atoms with Crippen molar-refractivity contribution in [3.8, 4) is 0 Å². The van der Waals surface area contributed by atoms with Crippen LogP contribution in [0, 0.1) is 35.5 Å². The van der Waals surface area contributed by atoms with E-state index in [0.29, 0.717) is 23.8 Å². The lowest BCUT2D eigenvalue weighted by atomic mass is 9.69. The second-order valence-electron chi connectivity index (χ2n) is 8.22. The van der Waals surface area contributed by atoms with Crippen molar-refractivity contribution < 1.29 is 4.79 Å². The quantitative estimate of drug-likeness (QED) is 0.830. The molecule has 3 aliphatic rings. The van der Waals surface area contributed by atoms with E-state index in [0.717, 1.165) is 24.2 Å². The Morgan fingerprint density at radius 1 is 1.05 bits per heavy atom. The van der Waals surface area contributed by atoms with Gasteiger partial charge >= 0.3 is 0 Å². The van der Waals surface area contributed by atoms with Gasteiger partial charge in [0, 0.05) is 12.0 Å². The first kappa shape index (κ1) is 14.4. The number of amides is 1. The van der Waals surface area contributed by atoms with Gasteiger partial charge in [0.15, 0.2) is 0 Å². The lowest BCUT2D eigenvalue weighted by Gasteiger charge is -2.37. The summed E-state index contributed by atoms with van der Waals surface area (Å²) in [6.07, 6.45) is 9.05. The summed E-state index contributed by atoms with van der Waals surface area (Å²) in [6.45, 7) is 6.89. The minimum atomic E-state index is 0.276. The standard InChI is InChI=1S/C18H31NO/c1-11(2)15-7-4-12(3)8-16(15)18(20)19-17-10-13-5-6-14(17)9-13/h11-17H,4-10H2,1-3H3,(H,19,20)/t12-,13?,14?,15+,16-,17?/m1/s1. The second-order valence-corrected chi connectivity index (χ2v) is 8.22. The minimum absolute atomic E-state index is 0.276. The number of fused-ring (bicyclic) bond motifs is 2. The molecule has 0 aromatic rings. The zero-order valence-electron chi connectivity index (χ0n) is 13.4. The van der Waals surface area contributed by atoms with Gasteiger partial charge in [-0.1, -0.05) is 33.6 Å². The Kier molecular flexibility index (Phi) is 4.10. The van der Waals surface area contributed by atoms with E-state index in [-0.39, 0.29) is 5.92 Å². The molecule has 3 saturated carbocycles. The van der Waals surface area contributed by atoms with Crippen LogP contribution in [0.25, 0.3) is 0 Å². The molecule has 0 saturated heterocycles. The van der Waals surface area contributed by atoms with Gasteiger partial charge in [0.1, 0.15) is 0 Å². The zero-order chi connectivity index (χ0) is 14.3. The molecule has 3 rings (SSSR count). The van der Waals surface area contributed by atoms with E-state index in [4.69, 9.17) is 0 Å². The first-order valence-electron chi connectivity index (χ1n) is 8.85. The Balaban J connectivity index is 1.62. The molecule has 0 radical (unpaired) electrons. The molecule has 0 aliphatic heterocycles. The lowest BCUT2D eigenvalue weighted by Crippen LogP contribution is -2.46. The average Bonchev–Trinajstić information content (AvgIpc) is 3.00. The molecule has 6 atom stereocenters. The molecule has 20 heavy (non-hydrogen) atoms. The van der Waals surface area contributed by atoms with Crippen LogP contribution in [-0.4, -0.2) is 11.9 Å². The molecule has 0 spiro atoms. The fourth-order valence-corrected chi connectivity index (χ4v) is 5.21. The Morgan fingerprint density at radius 3 is 2.45 bits per heavy atom. The summed E-state index contributed by atoms with van der Waals surface area (Å²) in [4.78, 5) is 12.8. The highest BCUT2D eigenvalue weighted by Crippen LogP contribution is 2.45. The van der Waals surface area contributed by atoms with Crippen molar-refractivity contribution in [3.05, 3.63) is 0 Å². The van der Waals surface area contributed by atoms with Crippen molar-refractivity contribution in [2.24, 2.45) is 35.5 Å². The van der Waals surface area contributed by atoms with E-state index >= 15 is 0 Å². The third-order valence-corrected chi connectivity index (χ3v) is 6.42. The van der Waals surface area contributed by atoms with Crippen LogP contribution in [0.15, 0.2) is 0 Å². The highest BCUT2D eigenvalue weighted by molar-refractivity contribution is 5.79. The zero-order valence-corrected chi connectivity index (χ0v) is 13.4. The van der Waals surface area contributed by atoms with Crippen molar-refractivity contribution in [1.29, 1.82) is 0 Å². The topological polar surface area (TPSA) is 29.1 Å². The lowest BCUT2D eigenvalue weighted by molar-refractivity contribution is -0.130. The van der Waals surface area contributed by atoms with Gasteiger partial charge < -0.3 is 5.32 Å². The summed E-state index contributed by atoms with van der Waals surface area (Å²) in [6, 6.07) is 0.506. The second kappa shape index (κ2) is 5.69. The summed E-state index contributed by atoms with van der Waals surface area (Å²) in [5.74, 6) is 4.33. The fourth-order valence-electron chi connectivity index (χ4n) is 5.21. The predicted octanol–water partition coefficient (Wildman–Crippen LogP) is 4.00. The summed E-state index contributed by atoms with van der Waals surface area (Å²) in [5, 5.41) is 3.45. The summed E-state index contributed by atoms with van der Waals surface area (Å²) in [7, 11) is 0. The smallest absolute Gasteiger partial charge is 0.223 e. The van der Waals surface area contributed by atoms with Gasteiger partial charge in [0.25, 0.3) is 0 Å². The predicted molar refractivity (Wildman–Crippen MR) is 82.2 cm³/mol. The monoisotopic (exact) mass is 277 g/mol. The highest BCUT2D eigenvalue weighted by Gasteiger charge is 2.42. The molecular weight excluding hydrogens is 246 g/mol. The Labute approximate surface area is 124 Å². The molecule has 3 fully saturated rings. The van der Waals surface area contributed by atoms with E-state index < -0.39 is 0 Å². The van der Waals surface area contributed by atoms with Crippen molar-refractivity contribution in [2.75, 3.05) is 0 Å².